The molecule has 2 aromatic heterocycles. The lowest BCUT2D eigenvalue weighted by atomic mass is 10.1. The summed E-state index contributed by atoms with van der Waals surface area (Å²) in [6.07, 6.45) is -0.980. The Kier molecular flexibility index (Phi) is 3.32. The number of furan rings is 1. The zero-order valence-corrected chi connectivity index (χ0v) is 11.1. The molecule has 0 aliphatic heterocycles. The van der Waals surface area contributed by atoms with Crippen LogP contribution in [0.4, 0.5) is 5.88 Å². The van der Waals surface area contributed by atoms with Crippen molar-refractivity contribution in [2.45, 2.75) is 13.0 Å². The molecule has 0 saturated heterocycles. The Bertz CT molecular complexity index is 562. The van der Waals surface area contributed by atoms with Gasteiger partial charge >= 0.3 is 5.88 Å². The summed E-state index contributed by atoms with van der Waals surface area (Å²) in [4.78, 5) is 10.8. The summed E-state index contributed by atoms with van der Waals surface area (Å²) in [5.74, 6) is -0.198. The van der Waals surface area contributed by atoms with Gasteiger partial charge in [-0.25, -0.2) is 0 Å². The standard InChI is InChI=1S/C10H8BrNO4S/c1-5-6(4-8(11)17-5)10(13)7-2-3-9(16-7)12(14)15/h2-4,10,13H,1H3. The Labute approximate surface area is 109 Å². The molecule has 0 spiro atoms. The zero-order valence-electron chi connectivity index (χ0n) is 8.71. The van der Waals surface area contributed by atoms with Crippen LogP contribution in [0.15, 0.2) is 26.4 Å². The molecule has 0 radical (unpaired) electrons. The predicted molar refractivity (Wildman–Crippen MR) is 66.2 cm³/mol. The summed E-state index contributed by atoms with van der Waals surface area (Å²) < 4.78 is 5.86. The van der Waals surface area contributed by atoms with Crippen molar-refractivity contribution in [1.29, 1.82) is 0 Å². The van der Waals surface area contributed by atoms with Gasteiger partial charge in [-0.05, 0) is 35.0 Å². The average Bonchev–Trinajstić information content (AvgIpc) is 2.84. The maximum absolute atomic E-state index is 10.5. The highest BCUT2D eigenvalue weighted by atomic mass is 79.9. The highest BCUT2D eigenvalue weighted by Crippen LogP contribution is 2.34. The van der Waals surface area contributed by atoms with Gasteiger partial charge < -0.3 is 9.52 Å². The Hall–Kier alpha value is -1.18. The van der Waals surface area contributed by atoms with Gasteiger partial charge in [0.2, 0.25) is 0 Å². The minimum Gasteiger partial charge on any atom is -0.403 e. The van der Waals surface area contributed by atoms with Crippen LogP contribution < -0.4 is 0 Å². The number of nitro groups is 1. The molecule has 0 aliphatic carbocycles. The predicted octanol–water partition coefficient (Wildman–Crippen LogP) is 3.40. The molecule has 0 saturated carbocycles. The van der Waals surface area contributed by atoms with Crippen LogP contribution in [0.3, 0.4) is 0 Å². The molecule has 0 amide bonds. The Morgan fingerprint density at radius 1 is 1.59 bits per heavy atom. The van der Waals surface area contributed by atoms with E-state index < -0.39 is 11.0 Å². The Balaban J connectivity index is 2.33. The lowest BCUT2D eigenvalue weighted by Crippen LogP contribution is -1.97. The van der Waals surface area contributed by atoms with Crippen molar-refractivity contribution in [2.75, 3.05) is 0 Å². The summed E-state index contributed by atoms with van der Waals surface area (Å²) in [6, 6.07) is 4.42. The van der Waals surface area contributed by atoms with E-state index >= 15 is 0 Å². The van der Waals surface area contributed by atoms with E-state index in [-0.39, 0.29) is 11.6 Å². The fourth-order valence-electron chi connectivity index (χ4n) is 1.47. The van der Waals surface area contributed by atoms with E-state index in [1.165, 1.54) is 23.5 Å². The fraction of sp³-hybridized carbons (Fsp3) is 0.200. The molecule has 7 heteroatoms. The van der Waals surface area contributed by atoms with Crippen LogP contribution in [-0.2, 0) is 0 Å². The molecule has 2 rings (SSSR count). The maximum atomic E-state index is 10.5. The third-order valence-electron chi connectivity index (χ3n) is 2.28. The summed E-state index contributed by atoms with van der Waals surface area (Å²) in [7, 11) is 0. The van der Waals surface area contributed by atoms with Crippen LogP contribution in [0, 0.1) is 17.0 Å². The third-order valence-corrected chi connectivity index (χ3v) is 3.85. The smallest absolute Gasteiger partial charge is 0.403 e. The van der Waals surface area contributed by atoms with Crippen molar-refractivity contribution >= 4 is 33.2 Å². The third kappa shape index (κ3) is 2.41. The largest absolute Gasteiger partial charge is 0.433 e. The normalized spacial score (nSPS) is 12.6. The number of nitrogens with zero attached hydrogens (tertiary/aromatic N) is 1. The van der Waals surface area contributed by atoms with Gasteiger partial charge in [-0.3, -0.25) is 10.1 Å². The van der Waals surface area contributed by atoms with Crippen molar-refractivity contribution in [3.8, 4) is 0 Å². The molecule has 0 fully saturated rings. The minimum atomic E-state index is -0.980. The average molecular weight is 318 g/mol. The number of aliphatic hydroxyl groups is 1. The molecular weight excluding hydrogens is 310 g/mol. The molecule has 0 aliphatic rings. The van der Waals surface area contributed by atoms with Gasteiger partial charge in [0.15, 0.2) is 0 Å². The maximum Gasteiger partial charge on any atom is 0.433 e. The molecule has 0 aromatic carbocycles. The minimum absolute atomic E-state index is 0.171. The van der Waals surface area contributed by atoms with E-state index in [0.717, 1.165) is 8.66 Å². The molecule has 1 atom stereocenters. The SMILES string of the molecule is Cc1sc(Br)cc1C(O)c1ccc([N+](=O)[O-])o1. The molecule has 2 aromatic rings. The highest BCUT2D eigenvalue weighted by Gasteiger charge is 2.21. The highest BCUT2D eigenvalue weighted by molar-refractivity contribution is 9.11. The molecule has 1 unspecified atom stereocenters. The first-order chi connectivity index (χ1) is 7.99. The number of hydrogen-bond donors (Lipinski definition) is 1. The van der Waals surface area contributed by atoms with E-state index in [2.05, 4.69) is 15.9 Å². The second-order valence-corrected chi connectivity index (χ2v) is 6.03. The monoisotopic (exact) mass is 317 g/mol. The molecule has 5 nitrogen and oxygen atoms in total. The van der Waals surface area contributed by atoms with E-state index in [4.69, 9.17) is 4.42 Å². The van der Waals surface area contributed by atoms with Crippen LogP contribution >= 0.6 is 27.3 Å². The zero-order chi connectivity index (χ0) is 12.6. The number of aliphatic hydroxyl groups excluding tert-OH is 1. The molecule has 1 N–H and O–H groups in total. The summed E-state index contributed by atoms with van der Waals surface area (Å²) in [5, 5.41) is 20.5. The molecular formula is C10H8BrNO4S. The second-order valence-electron chi connectivity index (χ2n) is 3.40. The van der Waals surface area contributed by atoms with Gasteiger partial charge in [-0.15, -0.1) is 11.3 Å². The van der Waals surface area contributed by atoms with E-state index in [1.807, 2.05) is 6.92 Å². The molecule has 2 heterocycles. The van der Waals surface area contributed by atoms with Gasteiger partial charge in [0.05, 0.1) is 9.85 Å². The Morgan fingerprint density at radius 3 is 2.76 bits per heavy atom. The van der Waals surface area contributed by atoms with E-state index in [1.54, 1.807) is 6.07 Å². The van der Waals surface area contributed by atoms with Crippen LogP contribution in [0.2, 0.25) is 0 Å². The van der Waals surface area contributed by atoms with Crippen LogP contribution in [0.1, 0.15) is 22.3 Å². The summed E-state index contributed by atoms with van der Waals surface area (Å²) in [5.41, 5.74) is 0.686. The van der Waals surface area contributed by atoms with Gasteiger partial charge in [0.25, 0.3) is 0 Å². The Morgan fingerprint density at radius 2 is 2.29 bits per heavy atom. The number of aryl methyl sites for hydroxylation is 1. The number of halogens is 1. The lowest BCUT2D eigenvalue weighted by molar-refractivity contribution is -0.402. The van der Waals surface area contributed by atoms with Crippen LogP contribution in [0.25, 0.3) is 0 Å². The number of hydrogen-bond acceptors (Lipinski definition) is 5. The summed E-state index contributed by atoms with van der Waals surface area (Å²) >= 11 is 4.81. The van der Waals surface area contributed by atoms with Gasteiger partial charge in [-0.2, -0.15) is 0 Å². The molecule has 0 bridgehead atoms. The fourth-order valence-corrected chi connectivity index (χ4v) is 3.21. The van der Waals surface area contributed by atoms with Crippen LogP contribution in [-0.4, -0.2) is 10.0 Å². The molecule has 90 valence electrons. The first kappa shape index (κ1) is 12.3. The van der Waals surface area contributed by atoms with Gasteiger partial charge in [-0.1, -0.05) is 0 Å². The van der Waals surface area contributed by atoms with Crippen molar-refractivity contribution in [1.82, 2.24) is 0 Å². The van der Waals surface area contributed by atoms with E-state index in [9.17, 15) is 15.2 Å². The summed E-state index contributed by atoms with van der Waals surface area (Å²) in [6.45, 7) is 1.87. The first-order valence-corrected chi connectivity index (χ1v) is 6.28. The van der Waals surface area contributed by atoms with Gasteiger partial charge in [0, 0.05) is 10.4 Å². The van der Waals surface area contributed by atoms with E-state index in [0.29, 0.717) is 5.56 Å². The lowest BCUT2D eigenvalue weighted by Gasteiger charge is -2.05. The number of rotatable bonds is 3. The van der Waals surface area contributed by atoms with Gasteiger partial charge in [0.1, 0.15) is 16.8 Å². The van der Waals surface area contributed by atoms with Crippen molar-refractivity contribution < 1.29 is 14.4 Å². The van der Waals surface area contributed by atoms with Crippen molar-refractivity contribution in [3.63, 3.8) is 0 Å². The quantitative estimate of drug-likeness (QED) is 0.695. The van der Waals surface area contributed by atoms with Crippen molar-refractivity contribution in [2.24, 2.45) is 0 Å². The topological polar surface area (TPSA) is 76.5 Å². The number of thiophene rings is 1. The second kappa shape index (κ2) is 4.59. The first-order valence-electron chi connectivity index (χ1n) is 4.67. The van der Waals surface area contributed by atoms with Crippen molar-refractivity contribution in [3.05, 3.63) is 48.3 Å². The molecule has 17 heavy (non-hydrogen) atoms. The van der Waals surface area contributed by atoms with Crippen LogP contribution in [0.5, 0.6) is 0 Å².